The molecule has 0 saturated carbocycles. The molecule has 0 aliphatic carbocycles. The van der Waals surface area contributed by atoms with Gasteiger partial charge in [-0.15, -0.1) is 0 Å². The van der Waals surface area contributed by atoms with E-state index in [9.17, 15) is 4.79 Å². The van der Waals surface area contributed by atoms with E-state index in [1.807, 2.05) is 0 Å². The highest BCUT2D eigenvalue weighted by atomic mass is 16.2. The van der Waals surface area contributed by atoms with Gasteiger partial charge in [-0.3, -0.25) is 10.2 Å². The van der Waals surface area contributed by atoms with Crippen molar-refractivity contribution in [1.82, 2.24) is 15.8 Å². The molecule has 4 heteroatoms. The van der Waals surface area contributed by atoms with Crippen molar-refractivity contribution in [1.29, 1.82) is 0 Å². The van der Waals surface area contributed by atoms with E-state index in [0.717, 1.165) is 13.0 Å². The van der Waals surface area contributed by atoms with Crippen molar-refractivity contribution < 1.29 is 4.79 Å². The topological polar surface area (TPSA) is 44.4 Å². The van der Waals surface area contributed by atoms with E-state index in [0.29, 0.717) is 18.0 Å². The Kier molecular flexibility index (Phi) is 4.62. The maximum Gasteiger partial charge on any atom is 0.251 e. The highest BCUT2D eigenvalue weighted by Gasteiger charge is 2.31. The predicted octanol–water partition coefficient (Wildman–Crippen LogP) is 1.67. The summed E-state index contributed by atoms with van der Waals surface area (Å²) in [4.78, 5) is 12.4. The van der Waals surface area contributed by atoms with E-state index < -0.39 is 0 Å². The molecule has 4 unspecified atom stereocenters. The van der Waals surface area contributed by atoms with Gasteiger partial charge in [0.15, 0.2) is 0 Å². The van der Waals surface area contributed by atoms with Crippen LogP contribution in [0.4, 0.5) is 0 Å². The van der Waals surface area contributed by atoms with Crippen LogP contribution in [-0.2, 0) is 4.79 Å². The first-order chi connectivity index (χ1) is 8.59. The predicted molar refractivity (Wildman–Crippen MR) is 72.9 cm³/mol. The zero-order valence-corrected chi connectivity index (χ0v) is 11.9. The van der Waals surface area contributed by atoms with Crippen LogP contribution < -0.4 is 10.7 Å². The third kappa shape index (κ3) is 3.04. The summed E-state index contributed by atoms with van der Waals surface area (Å²) < 4.78 is 0. The molecule has 0 aromatic heterocycles. The molecule has 104 valence electrons. The van der Waals surface area contributed by atoms with Crippen LogP contribution in [0.1, 0.15) is 52.9 Å². The Morgan fingerprint density at radius 2 is 1.78 bits per heavy atom. The number of piperidine rings is 2. The molecule has 2 fully saturated rings. The van der Waals surface area contributed by atoms with E-state index in [2.05, 4.69) is 36.5 Å². The highest BCUT2D eigenvalue weighted by Crippen LogP contribution is 2.21. The number of hydrazine groups is 1. The molecule has 0 radical (unpaired) electrons. The fraction of sp³-hybridized carbons (Fsp3) is 0.929. The first-order valence-corrected chi connectivity index (χ1v) is 7.42. The Labute approximate surface area is 110 Å². The van der Waals surface area contributed by atoms with Crippen LogP contribution in [0.5, 0.6) is 0 Å². The van der Waals surface area contributed by atoms with Crippen molar-refractivity contribution in [2.24, 2.45) is 5.92 Å². The first-order valence-electron chi connectivity index (χ1n) is 7.42. The minimum Gasteiger partial charge on any atom is -0.306 e. The van der Waals surface area contributed by atoms with Crippen molar-refractivity contribution in [3.05, 3.63) is 0 Å². The number of rotatable bonds is 2. The zero-order chi connectivity index (χ0) is 13.1. The number of carbonyl (C=O) groups is 1. The SMILES string of the molecule is CC1CCCNC1C(=O)NN1C(C)CCCC1C. The molecule has 0 spiro atoms. The Hall–Kier alpha value is -0.610. The summed E-state index contributed by atoms with van der Waals surface area (Å²) in [5.41, 5.74) is 3.15. The van der Waals surface area contributed by atoms with E-state index in [1.165, 1.54) is 25.7 Å². The molecule has 18 heavy (non-hydrogen) atoms. The largest absolute Gasteiger partial charge is 0.306 e. The number of hydrogen-bond donors (Lipinski definition) is 2. The molecule has 2 saturated heterocycles. The Morgan fingerprint density at radius 3 is 2.39 bits per heavy atom. The van der Waals surface area contributed by atoms with Crippen LogP contribution in [0.3, 0.4) is 0 Å². The lowest BCUT2D eigenvalue weighted by molar-refractivity contribution is -0.133. The van der Waals surface area contributed by atoms with Gasteiger partial charge in [-0.05, 0) is 52.0 Å². The first kappa shape index (κ1) is 13.8. The van der Waals surface area contributed by atoms with Crippen LogP contribution in [0, 0.1) is 5.92 Å². The van der Waals surface area contributed by atoms with Gasteiger partial charge < -0.3 is 5.32 Å². The maximum absolute atomic E-state index is 12.4. The molecule has 0 aromatic rings. The lowest BCUT2D eigenvalue weighted by atomic mass is 9.92. The minimum absolute atomic E-state index is 0.0138. The van der Waals surface area contributed by atoms with Crippen LogP contribution >= 0.6 is 0 Å². The van der Waals surface area contributed by atoms with Crippen molar-refractivity contribution in [2.45, 2.75) is 71.0 Å². The monoisotopic (exact) mass is 253 g/mol. The fourth-order valence-corrected chi connectivity index (χ4v) is 3.24. The van der Waals surface area contributed by atoms with Gasteiger partial charge in [0.25, 0.3) is 5.91 Å². The van der Waals surface area contributed by atoms with Gasteiger partial charge >= 0.3 is 0 Å². The molecule has 4 atom stereocenters. The number of nitrogens with zero attached hydrogens (tertiary/aromatic N) is 1. The quantitative estimate of drug-likeness (QED) is 0.787. The summed E-state index contributed by atoms with van der Waals surface area (Å²) in [7, 11) is 0. The third-order valence-electron chi connectivity index (χ3n) is 4.48. The molecular weight excluding hydrogens is 226 g/mol. The Bertz CT molecular complexity index is 285. The normalized spacial score (nSPS) is 38.4. The van der Waals surface area contributed by atoms with Crippen molar-refractivity contribution in [2.75, 3.05) is 6.54 Å². The summed E-state index contributed by atoms with van der Waals surface area (Å²) >= 11 is 0. The number of hydrogen-bond acceptors (Lipinski definition) is 3. The molecule has 2 aliphatic heterocycles. The highest BCUT2D eigenvalue weighted by molar-refractivity contribution is 5.81. The number of carbonyl (C=O) groups excluding carboxylic acids is 1. The van der Waals surface area contributed by atoms with Crippen LogP contribution in [-0.4, -0.2) is 35.6 Å². The van der Waals surface area contributed by atoms with Gasteiger partial charge in [0.05, 0.1) is 6.04 Å². The summed E-state index contributed by atoms with van der Waals surface area (Å²) in [5.74, 6) is 0.594. The van der Waals surface area contributed by atoms with E-state index in [1.54, 1.807) is 0 Å². The lowest BCUT2D eigenvalue weighted by Crippen LogP contribution is -2.60. The second kappa shape index (κ2) is 6.02. The van der Waals surface area contributed by atoms with E-state index >= 15 is 0 Å². The van der Waals surface area contributed by atoms with Gasteiger partial charge in [0.1, 0.15) is 0 Å². The van der Waals surface area contributed by atoms with Gasteiger partial charge in [-0.1, -0.05) is 13.3 Å². The van der Waals surface area contributed by atoms with E-state index in [-0.39, 0.29) is 11.9 Å². The minimum atomic E-state index is -0.0138. The third-order valence-corrected chi connectivity index (χ3v) is 4.48. The molecular formula is C14H27N3O. The molecule has 1 amide bonds. The smallest absolute Gasteiger partial charge is 0.251 e. The van der Waals surface area contributed by atoms with Gasteiger partial charge in [-0.2, -0.15) is 0 Å². The van der Waals surface area contributed by atoms with Crippen molar-refractivity contribution in [3.63, 3.8) is 0 Å². The van der Waals surface area contributed by atoms with Crippen LogP contribution in [0.15, 0.2) is 0 Å². The average molecular weight is 253 g/mol. The van der Waals surface area contributed by atoms with E-state index in [4.69, 9.17) is 0 Å². The summed E-state index contributed by atoms with van der Waals surface area (Å²) in [6, 6.07) is 0.897. The second-order valence-electron chi connectivity index (χ2n) is 6.06. The molecule has 0 bridgehead atoms. The number of amides is 1. The molecule has 0 aromatic carbocycles. The van der Waals surface area contributed by atoms with Gasteiger partial charge in [-0.25, -0.2) is 5.01 Å². The van der Waals surface area contributed by atoms with Crippen molar-refractivity contribution in [3.8, 4) is 0 Å². The Morgan fingerprint density at radius 1 is 1.11 bits per heavy atom. The van der Waals surface area contributed by atoms with Crippen LogP contribution in [0.2, 0.25) is 0 Å². The lowest BCUT2D eigenvalue weighted by Gasteiger charge is -2.40. The molecule has 2 rings (SSSR count). The average Bonchev–Trinajstić information content (AvgIpc) is 2.34. The second-order valence-corrected chi connectivity index (χ2v) is 6.06. The summed E-state index contributed by atoms with van der Waals surface area (Å²) in [6.45, 7) is 7.54. The van der Waals surface area contributed by atoms with Gasteiger partial charge in [0, 0.05) is 12.1 Å². The summed E-state index contributed by atoms with van der Waals surface area (Å²) in [5, 5.41) is 5.51. The van der Waals surface area contributed by atoms with Crippen LogP contribution in [0.25, 0.3) is 0 Å². The standard InChI is InChI=1S/C14H27N3O/c1-10-6-5-9-15-13(10)14(18)16-17-11(2)7-4-8-12(17)3/h10-13,15H,4-9H2,1-3H3,(H,16,18). The summed E-state index contributed by atoms with van der Waals surface area (Å²) in [6.07, 6.45) is 5.96. The Balaban J connectivity index is 1.92. The molecule has 2 heterocycles. The zero-order valence-electron chi connectivity index (χ0n) is 11.9. The molecule has 4 nitrogen and oxygen atoms in total. The van der Waals surface area contributed by atoms with Gasteiger partial charge in [0.2, 0.25) is 0 Å². The molecule has 2 N–H and O–H groups in total. The number of nitrogens with one attached hydrogen (secondary N) is 2. The maximum atomic E-state index is 12.4. The molecule has 2 aliphatic rings. The fourth-order valence-electron chi connectivity index (χ4n) is 3.24. The van der Waals surface area contributed by atoms with Crippen molar-refractivity contribution >= 4 is 5.91 Å².